The lowest BCUT2D eigenvalue weighted by molar-refractivity contribution is 0.673. The van der Waals surface area contributed by atoms with Crippen molar-refractivity contribution in [2.45, 2.75) is 11.9 Å². The third-order valence-electron chi connectivity index (χ3n) is 2.76. The Bertz CT molecular complexity index is 487. The van der Waals surface area contributed by atoms with E-state index in [1.807, 2.05) is 36.4 Å². The molecule has 0 saturated heterocycles. The molecule has 0 aliphatic carbocycles. The Morgan fingerprint density at radius 2 is 1.67 bits per heavy atom. The van der Waals surface area contributed by atoms with E-state index in [0.717, 1.165) is 23.1 Å². The average Bonchev–Trinajstić information content (AvgIpc) is 2.42. The molecule has 2 aromatic carbocycles. The van der Waals surface area contributed by atoms with E-state index in [2.05, 4.69) is 39.4 Å². The molecule has 0 heterocycles. The van der Waals surface area contributed by atoms with Crippen LogP contribution in [0.3, 0.4) is 0 Å². The fraction of sp³-hybridized carbons (Fsp3) is 0.200. The third kappa shape index (κ3) is 3.84. The molecule has 1 N–H and O–H groups in total. The van der Waals surface area contributed by atoms with Gasteiger partial charge in [0, 0.05) is 17.6 Å². The van der Waals surface area contributed by atoms with Crippen molar-refractivity contribution >= 4 is 27.5 Å². The van der Waals surface area contributed by atoms with Crippen molar-refractivity contribution in [3.8, 4) is 0 Å². The van der Waals surface area contributed by atoms with E-state index in [4.69, 9.17) is 11.6 Å². The number of rotatable bonds is 5. The Morgan fingerprint density at radius 3 is 2.39 bits per heavy atom. The molecule has 94 valence electrons. The second-order valence-corrected chi connectivity index (χ2v) is 5.48. The predicted octanol–water partition coefficient (Wildman–Crippen LogP) is 4.52. The van der Waals surface area contributed by atoms with Gasteiger partial charge in [-0.3, -0.25) is 0 Å². The molecule has 0 fully saturated rings. The molecule has 0 aliphatic heterocycles. The van der Waals surface area contributed by atoms with Crippen LogP contribution in [0.4, 0.5) is 0 Å². The monoisotopic (exact) mass is 323 g/mol. The molecule has 1 nitrogen and oxygen atoms in total. The van der Waals surface area contributed by atoms with Crippen LogP contribution in [0.25, 0.3) is 0 Å². The summed E-state index contributed by atoms with van der Waals surface area (Å²) in [6.07, 6.45) is 0. The summed E-state index contributed by atoms with van der Waals surface area (Å²) in [4.78, 5) is 0. The van der Waals surface area contributed by atoms with E-state index in [9.17, 15) is 0 Å². The molecule has 2 rings (SSSR count). The van der Waals surface area contributed by atoms with Crippen molar-refractivity contribution in [3.63, 3.8) is 0 Å². The molecule has 0 bridgehead atoms. The first-order valence-corrected chi connectivity index (χ1v) is 7.13. The van der Waals surface area contributed by atoms with Crippen molar-refractivity contribution in [2.24, 2.45) is 0 Å². The molecule has 0 spiro atoms. The lowest BCUT2D eigenvalue weighted by Crippen LogP contribution is -2.18. The third-order valence-corrected chi connectivity index (χ3v) is 3.94. The number of benzene rings is 2. The number of nitrogens with one attached hydrogen (secondary N) is 1. The molecular weight excluding hydrogens is 310 g/mol. The van der Waals surface area contributed by atoms with Gasteiger partial charge in [-0.05, 0) is 17.2 Å². The van der Waals surface area contributed by atoms with E-state index >= 15 is 0 Å². The molecule has 18 heavy (non-hydrogen) atoms. The van der Waals surface area contributed by atoms with Crippen LogP contribution in [0.5, 0.6) is 0 Å². The summed E-state index contributed by atoms with van der Waals surface area (Å²) in [5, 5.41) is 3.39. The molecule has 1 unspecified atom stereocenters. The highest BCUT2D eigenvalue weighted by Crippen LogP contribution is 2.19. The van der Waals surface area contributed by atoms with Gasteiger partial charge < -0.3 is 5.32 Å². The zero-order valence-corrected chi connectivity index (χ0v) is 12.3. The van der Waals surface area contributed by atoms with Crippen LogP contribution in [0.15, 0.2) is 59.1 Å². The number of halogens is 2. The highest BCUT2D eigenvalue weighted by molar-refractivity contribution is 9.10. The number of alkyl halides is 1. The van der Waals surface area contributed by atoms with E-state index in [-0.39, 0.29) is 5.38 Å². The molecule has 0 saturated carbocycles. The van der Waals surface area contributed by atoms with Gasteiger partial charge in [-0.15, -0.1) is 11.6 Å². The topological polar surface area (TPSA) is 12.0 Å². The molecule has 0 aliphatic rings. The Balaban J connectivity index is 1.84. The Morgan fingerprint density at radius 1 is 1.00 bits per heavy atom. The minimum atomic E-state index is 0.00804. The molecule has 0 amide bonds. The minimum absolute atomic E-state index is 0.00804. The normalized spacial score (nSPS) is 12.3. The SMILES string of the molecule is ClC(CNCc1ccccc1Br)c1ccccc1. The Hall–Kier alpha value is -0.830. The lowest BCUT2D eigenvalue weighted by atomic mass is 10.1. The maximum absolute atomic E-state index is 6.34. The minimum Gasteiger partial charge on any atom is -0.311 e. The summed E-state index contributed by atoms with van der Waals surface area (Å²) in [5.74, 6) is 0. The first kappa shape index (κ1) is 13.6. The van der Waals surface area contributed by atoms with Crippen LogP contribution >= 0.6 is 27.5 Å². The molecule has 0 aromatic heterocycles. The quantitative estimate of drug-likeness (QED) is 0.797. The van der Waals surface area contributed by atoms with E-state index in [0.29, 0.717) is 0 Å². The molecular formula is C15H15BrClN. The maximum Gasteiger partial charge on any atom is 0.0709 e. The van der Waals surface area contributed by atoms with E-state index < -0.39 is 0 Å². The summed E-state index contributed by atoms with van der Waals surface area (Å²) in [6.45, 7) is 1.57. The zero-order chi connectivity index (χ0) is 12.8. The summed E-state index contributed by atoms with van der Waals surface area (Å²) < 4.78 is 1.13. The van der Waals surface area contributed by atoms with Crippen LogP contribution in [0.1, 0.15) is 16.5 Å². The highest BCUT2D eigenvalue weighted by atomic mass is 79.9. The van der Waals surface area contributed by atoms with Crippen LogP contribution in [-0.2, 0) is 6.54 Å². The largest absolute Gasteiger partial charge is 0.311 e. The molecule has 2 aromatic rings. The second-order valence-electron chi connectivity index (χ2n) is 4.10. The van der Waals surface area contributed by atoms with Gasteiger partial charge in [0.25, 0.3) is 0 Å². The summed E-state index contributed by atoms with van der Waals surface area (Å²) >= 11 is 9.87. The van der Waals surface area contributed by atoms with Crippen molar-refractivity contribution in [2.75, 3.05) is 6.54 Å². The lowest BCUT2D eigenvalue weighted by Gasteiger charge is -2.11. The number of hydrogen-bond acceptors (Lipinski definition) is 1. The van der Waals surface area contributed by atoms with Gasteiger partial charge >= 0.3 is 0 Å². The van der Waals surface area contributed by atoms with Gasteiger partial charge in [0.15, 0.2) is 0 Å². The molecule has 0 radical (unpaired) electrons. The average molecular weight is 325 g/mol. The van der Waals surface area contributed by atoms with Crippen LogP contribution in [0, 0.1) is 0 Å². The van der Waals surface area contributed by atoms with Crippen LogP contribution < -0.4 is 5.32 Å². The first-order chi connectivity index (χ1) is 8.77. The summed E-state index contributed by atoms with van der Waals surface area (Å²) in [7, 11) is 0. The molecule has 3 heteroatoms. The fourth-order valence-electron chi connectivity index (χ4n) is 1.76. The van der Waals surface area contributed by atoms with Gasteiger partial charge in [-0.25, -0.2) is 0 Å². The van der Waals surface area contributed by atoms with Gasteiger partial charge in [-0.1, -0.05) is 64.5 Å². The van der Waals surface area contributed by atoms with E-state index in [1.54, 1.807) is 0 Å². The van der Waals surface area contributed by atoms with E-state index in [1.165, 1.54) is 5.56 Å². The fourth-order valence-corrected chi connectivity index (χ4v) is 2.43. The van der Waals surface area contributed by atoms with Gasteiger partial charge in [0.1, 0.15) is 0 Å². The number of hydrogen-bond donors (Lipinski definition) is 1. The van der Waals surface area contributed by atoms with Gasteiger partial charge in [0.05, 0.1) is 5.38 Å². The Kier molecular flexibility index (Phi) is 5.24. The first-order valence-electron chi connectivity index (χ1n) is 5.90. The zero-order valence-electron chi connectivity index (χ0n) is 9.94. The van der Waals surface area contributed by atoms with Gasteiger partial charge in [-0.2, -0.15) is 0 Å². The maximum atomic E-state index is 6.34. The van der Waals surface area contributed by atoms with Crippen molar-refractivity contribution < 1.29 is 0 Å². The summed E-state index contributed by atoms with van der Waals surface area (Å²) in [6, 6.07) is 18.3. The predicted molar refractivity (Wildman–Crippen MR) is 80.9 cm³/mol. The Labute approximate surface area is 121 Å². The second kappa shape index (κ2) is 6.93. The standard InChI is InChI=1S/C15H15BrClN/c16-14-9-5-4-8-13(14)10-18-11-15(17)12-6-2-1-3-7-12/h1-9,15,18H,10-11H2. The van der Waals surface area contributed by atoms with Gasteiger partial charge in [0.2, 0.25) is 0 Å². The van der Waals surface area contributed by atoms with Crippen molar-refractivity contribution in [3.05, 3.63) is 70.2 Å². The summed E-state index contributed by atoms with van der Waals surface area (Å²) in [5.41, 5.74) is 2.40. The smallest absolute Gasteiger partial charge is 0.0709 e. The molecule has 1 atom stereocenters. The van der Waals surface area contributed by atoms with Crippen LogP contribution in [-0.4, -0.2) is 6.54 Å². The van der Waals surface area contributed by atoms with Crippen LogP contribution in [0.2, 0.25) is 0 Å². The highest BCUT2D eigenvalue weighted by Gasteiger charge is 2.06. The van der Waals surface area contributed by atoms with Crippen molar-refractivity contribution in [1.82, 2.24) is 5.32 Å². The van der Waals surface area contributed by atoms with Crippen molar-refractivity contribution in [1.29, 1.82) is 0 Å².